The lowest BCUT2D eigenvalue weighted by atomic mass is 9.82. The van der Waals surface area contributed by atoms with Crippen molar-refractivity contribution in [1.29, 1.82) is 0 Å². The Balaban J connectivity index is 2.16. The molecule has 1 fully saturated rings. The average molecular weight is 152 g/mol. The fourth-order valence-electron chi connectivity index (χ4n) is 1.77. The van der Waals surface area contributed by atoms with Crippen molar-refractivity contribution in [3.8, 4) is 0 Å². The van der Waals surface area contributed by atoms with Crippen molar-refractivity contribution >= 4 is 5.91 Å². The molecule has 11 heavy (non-hydrogen) atoms. The number of hydrazine groups is 1. The molecule has 0 bridgehead atoms. The van der Waals surface area contributed by atoms with Gasteiger partial charge in [0.05, 0.1) is 5.92 Å². The van der Waals surface area contributed by atoms with Crippen LogP contribution in [0.4, 0.5) is 0 Å². The Morgan fingerprint density at radius 1 is 1.55 bits per heavy atom. The van der Waals surface area contributed by atoms with Gasteiger partial charge in [-0.05, 0) is 18.8 Å². The summed E-state index contributed by atoms with van der Waals surface area (Å²) in [5.41, 5.74) is 5.54. The van der Waals surface area contributed by atoms with E-state index in [0.717, 1.165) is 19.4 Å². The zero-order valence-corrected chi connectivity index (χ0v) is 6.34. The van der Waals surface area contributed by atoms with Gasteiger partial charge in [0.1, 0.15) is 0 Å². The van der Waals surface area contributed by atoms with Crippen LogP contribution >= 0.6 is 0 Å². The van der Waals surface area contributed by atoms with Gasteiger partial charge in [0.15, 0.2) is 0 Å². The first-order valence-corrected chi connectivity index (χ1v) is 4.07. The minimum Gasteiger partial charge on any atom is -0.291 e. The summed E-state index contributed by atoms with van der Waals surface area (Å²) in [5, 5.41) is 0. The van der Waals surface area contributed by atoms with E-state index in [1.54, 1.807) is 0 Å². The molecule has 0 unspecified atom stereocenters. The number of allylic oxidation sites excluding steroid dienone is 1. The van der Waals surface area contributed by atoms with E-state index in [0.29, 0.717) is 5.92 Å². The van der Waals surface area contributed by atoms with Crippen LogP contribution in [0.1, 0.15) is 12.8 Å². The highest BCUT2D eigenvalue weighted by Crippen LogP contribution is 2.25. The third-order valence-electron chi connectivity index (χ3n) is 2.43. The monoisotopic (exact) mass is 152 g/mol. The number of hydrogen-bond donors (Lipinski definition) is 2. The Morgan fingerprint density at radius 3 is 3.27 bits per heavy atom. The molecule has 1 aliphatic heterocycles. The summed E-state index contributed by atoms with van der Waals surface area (Å²) < 4.78 is 0. The van der Waals surface area contributed by atoms with Crippen LogP contribution in [0.5, 0.6) is 0 Å². The molecule has 2 rings (SSSR count). The molecule has 3 nitrogen and oxygen atoms in total. The molecule has 2 aliphatic rings. The maximum atomic E-state index is 11.2. The van der Waals surface area contributed by atoms with E-state index >= 15 is 0 Å². The molecule has 1 aliphatic carbocycles. The van der Waals surface area contributed by atoms with Crippen molar-refractivity contribution in [2.75, 3.05) is 6.54 Å². The van der Waals surface area contributed by atoms with Crippen molar-refractivity contribution in [1.82, 2.24) is 10.9 Å². The summed E-state index contributed by atoms with van der Waals surface area (Å²) in [6.07, 6.45) is 6.40. The van der Waals surface area contributed by atoms with Gasteiger partial charge in [-0.15, -0.1) is 0 Å². The second-order valence-corrected chi connectivity index (χ2v) is 3.16. The molecular weight excluding hydrogens is 140 g/mol. The normalized spacial score (nSPS) is 36.2. The maximum Gasteiger partial charge on any atom is 0.241 e. The second kappa shape index (κ2) is 2.66. The summed E-state index contributed by atoms with van der Waals surface area (Å²) >= 11 is 0. The smallest absolute Gasteiger partial charge is 0.241 e. The second-order valence-electron chi connectivity index (χ2n) is 3.16. The molecule has 2 N–H and O–H groups in total. The van der Waals surface area contributed by atoms with Crippen LogP contribution < -0.4 is 10.9 Å². The molecule has 1 saturated heterocycles. The summed E-state index contributed by atoms with van der Waals surface area (Å²) in [4.78, 5) is 11.2. The van der Waals surface area contributed by atoms with Gasteiger partial charge >= 0.3 is 0 Å². The largest absolute Gasteiger partial charge is 0.291 e. The highest BCUT2D eigenvalue weighted by atomic mass is 16.2. The Kier molecular flexibility index (Phi) is 1.66. The first-order chi connectivity index (χ1) is 5.38. The molecule has 0 aromatic heterocycles. The van der Waals surface area contributed by atoms with E-state index in [2.05, 4.69) is 16.9 Å². The molecule has 0 spiro atoms. The quantitative estimate of drug-likeness (QED) is 0.487. The van der Waals surface area contributed by atoms with Crippen LogP contribution in [0, 0.1) is 11.8 Å². The number of carbonyl (C=O) groups is 1. The van der Waals surface area contributed by atoms with E-state index in [-0.39, 0.29) is 11.8 Å². The highest BCUT2D eigenvalue weighted by molar-refractivity contribution is 5.81. The SMILES string of the molecule is O=C1NNC[C@H]2CCC=C[C@@H]12. The van der Waals surface area contributed by atoms with Crippen LogP contribution in [0.15, 0.2) is 12.2 Å². The average Bonchev–Trinajstić information content (AvgIpc) is 2.06. The standard InChI is InChI=1S/C8H12N2O/c11-8-7-4-2-1-3-6(7)5-9-10-8/h2,4,6-7,9H,1,3,5H2,(H,10,11)/t6-,7-/m1/s1. The number of hydrogen-bond acceptors (Lipinski definition) is 2. The molecule has 60 valence electrons. The van der Waals surface area contributed by atoms with Gasteiger partial charge in [0.25, 0.3) is 0 Å². The van der Waals surface area contributed by atoms with Crippen LogP contribution in [-0.4, -0.2) is 12.5 Å². The van der Waals surface area contributed by atoms with Crippen molar-refractivity contribution in [2.45, 2.75) is 12.8 Å². The zero-order valence-electron chi connectivity index (χ0n) is 6.34. The van der Waals surface area contributed by atoms with Crippen molar-refractivity contribution in [3.05, 3.63) is 12.2 Å². The maximum absolute atomic E-state index is 11.2. The van der Waals surface area contributed by atoms with Gasteiger partial charge in [-0.1, -0.05) is 12.2 Å². The van der Waals surface area contributed by atoms with E-state index in [1.807, 2.05) is 6.08 Å². The van der Waals surface area contributed by atoms with Gasteiger partial charge in [-0.2, -0.15) is 0 Å². The van der Waals surface area contributed by atoms with Crippen LogP contribution in [0.3, 0.4) is 0 Å². The van der Waals surface area contributed by atoms with Crippen molar-refractivity contribution < 1.29 is 4.79 Å². The van der Waals surface area contributed by atoms with Gasteiger partial charge < -0.3 is 0 Å². The van der Waals surface area contributed by atoms with E-state index in [4.69, 9.17) is 0 Å². The lowest BCUT2D eigenvalue weighted by Crippen LogP contribution is -2.52. The molecular formula is C8H12N2O. The Bertz CT molecular complexity index is 200. The van der Waals surface area contributed by atoms with Gasteiger partial charge in [-0.3, -0.25) is 10.2 Å². The van der Waals surface area contributed by atoms with E-state index in [9.17, 15) is 4.79 Å². The fourth-order valence-corrected chi connectivity index (χ4v) is 1.77. The van der Waals surface area contributed by atoms with E-state index in [1.165, 1.54) is 0 Å². The predicted molar refractivity (Wildman–Crippen MR) is 41.5 cm³/mol. The molecule has 3 heteroatoms. The molecule has 0 aromatic carbocycles. The Labute approximate surface area is 65.8 Å². The number of carbonyl (C=O) groups excluding carboxylic acids is 1. The number of fused-ring (bicyclic) bond motifs is 1. The summed E-state index contributed by atoms with van der Waals surface area (Å²) in [5.74, 6) is 0.774. The lowest BCUT2D eigenvalue weighted by molar-refractivity contribution is -0.128. The fraction of sp³-hybridized carbons (Fsp3) is 0.625. The topological polar surface area (TPSA) is 41.1 Å². The number of rotatable bonds is 0. The highest BCUT2D eigenvalue weighted by Gasteiger charge is 2.30. The van der Waals surface area contributed by atoms with Crippen LogP contribution in [0.25, 0.3) is 0 Å². The van der Waals surface area contributed by atoms with Gasteiger partial charge in [0, 0.05) is 6.54 Å². The Morgan fingerprint density at radius 2 is 2.45 bits per heavy atom. The molecule has 2 atom stereocenters. The zero-order chi connectivity index (χ0) is 7.68. The summed E-state index contributed by atoms with van der Waals surface area (Å²) in [6.45, 7) is 0.917. The summed E-state index contributed by atoms with van der Waals surface area (Å²) in [7, 11) is 0. The minimum absolute atomic E-state index is 0.122. The summed E-state index contributed by atoms with van der Waals surface area (Å²) in [6, 6.07) is 0. The first-order valence-electron chi connectivity index (χ1n) is 4.07. The molecule has 1 heterocycles. The van der Waals surface area contributed by atoms with Crippen molar-refractivity contribution in [2.24, 2.45) is 11.8 Å². The Hall–Kier alpha value is -0.830. The van der Waals surface area contributed by atoms with Crippen molar-refractivity contribution in [3.63, 3.8) is 0 Å². The minimum atomic E-state index is 0.122. The first kappa shape index (κ1) is 6.85. The third kappa shape index (κ3) is 1.16. The van der Waals surface area contributed by atoms with Crippen LogP contribution in [-0.2, 0) is 4.79 Å². The van der Waals surface area contributed by atoms with E-state index < -0.39 is 0 Å². The molecule has 0 radical (unpaired) electrons. The molecule has 1 amide bonds. The number of amides is 1. The predicted octanol–water partition coefficient (Wildman–Crippen LogP) is 0.203. The molecule has 0 aromatic rings. The van der Waals surface area contributed by atoms with Crippen LogP contribution in [0.2, 0.25) is 0 Å². The third-order valence-corrected chi connectivity index (χ3v) is 2.43. The lowest BCUT2D eigenvalue weighted by Gasteiger charge is -2.31. The van der Waals surface area contributed by atoms with Gasteiger partial charge in [-0.25, -0.2) is 5.43 Å². The van der Waals surface area contributed by atoms with Gasteiger partial charge in [0.2, 0.25) is 5.91 Å². The number of nitrogens with one attached hydrogen (secondary N) is 2. The molecule has 0 saturated carbocycles.